The molecule has 6 heterocycles. The molecule has 4 aliphatic heterocycles. The molecule has 0 N–H and O–H groups in total. The Bertz CT molecular complexity index is 1260. The number of pyridine rings is 1. The quantitative estimate of drug-likeness (QED) is 0.574. The zero-order chi connectivity index (χ0) is 22.9. The van der Waals surface area contributed by atoms with E-state index in [1.165, 1.54) is 5.56 Å². The Hall–Kier alpha value is -2.62. The van der Waals surface area contributed by atoms with Gasteiger partial charge in [-0.2, -0.15) is 0 Å². The molecule has 4 fully saturated rings. The van der Waals surface area contributed by atoms with E-state index in [1.807, 2.05) is 36.1 Å². The van der Waals surface area contributed by atoms with E-state index in [0.717, 1.165) is 60.3 Å². The van der Waals surface area contributed by atoms with E-state index in [0.29, 0.717) is 19.8 Å². The molecule has 34 heavy (non-hydrogen) atoms. The highest BCUT2D eigenvalue weighted by atomic mass is 19.1. The van der Waals surface area contributed by atoms with Gasteiger partial charge in [-0.15, -0.1) is 5.10 Å². The van der Waals surface area contributed by atoms with Gasteiger partial charge in [-0.3, -0.25) is 9.88 Å². The summed E-state index contributed by atoms with van der Waals surface area (Å²) in [6.45, 7) is 5.06. The van der Waals surface area contributed by atoms with Gasteiger partial charge in [0.2, 0.25) is 0 Å². The minimum absolute atomic E-state index is 0.0448. The molecule has 178 valence electrons. The van der Waals surface area contributed by atoms with Crippen molar-refractivity contribution in [1.82, 2.24) is 24.9 Å². The lowest BCUT2D eigenvalue weighted by molar-refractivity contribution is -0.116. The second-order valence-electron chi connectivity index (χ2n) is 10.4. The number of ether oxygens (including phenoxy) is 3. The number of aromatic nitrogens is 4. The molecular formula is C25H28FN5O3. The first-order valence-corrected chi connectivity index (χ1v) is 12.1. The summed E-state index contributed by atoms with van der Waals surface area (Å²) in [4.78, 5) is 6.98. The van der Waals surface area contributed by atoms with Crippen LogP contribution in [0.3, 0.4) is 0 Å². The molecule has 2 bridgehead atoms. The van der Waals surface area contributed by atoms with Gasteiger partial charge in [-0.25, -0.2) is 9.07 Å². The van der Waals surface area contributed by atoms with Gasteiger partial charge in [0.05, 0.1) is 43.2 Å². The third kappa shape index (κ3) is 3.03. The van der Waals surface area contributed by atoms with Crippen molar-refractivity contribution in [3.63, 3.8) is 0 Å². The molecule has 3 saturated heterocycles. The predicted octanol–water partition coefficient (Wildman–Crippen LogP) is 2.95. The van der Waals surface area contributed by atoms with E-state index < -0.39 is 6.67 Å². The van der Waals surface area contributed by atoms with Gasteiger partial charge < -0.3 is 14.2 Å². The number of nitrogens with zero attached hydrogens (tertiary/aromatic N) is 5. The maximum Gasteiger partial charge on any atom is 0.141 e. The molecule has 0 radical (unpaired) electrons. The Kier molecular flexibility index (Phi) is 4.53. The van der Waals surface area contributed by atoms with Crippen LogP contribution < -0.4 is 4.74 Å². The number of halogens is 1. The molecule has 1 saturated carbocycles. The summed E-state index contributed by atoms with van der Waals surface area (Å²) in [5.74, 6) is 0.796. The van der Waals surface area contributed by atoms with Crippen LogP contribution in [0.1, 0.15) is 42.7 Å². The Morgan fingerprint density at radius 1 is 1.29 bits per heavy atom. The lowest BCUT2D eigenvalue weighted by Gasteiger charge is -2.50. The van der Waals surface area contributed by atoms with Crippen molar-refractivity contribution in [3.8, 4) is 5.75 Å². The Balaban J connectivity index is 1.10. The third-order valence-corrected chi connectivity index (χ3v) is 8.18. The molecule has 1 aromatic carbocycles. The third-order valence-electron chi connectivity index (χ3n) is 8.18. The average molecular weight is 466 g/mol. The van der Waals surface area contributed by atoms with Crippen LogP contribution >= 0.6 is 0 Å². The molecule has 1 aliphatic carbocycles. The minimum Gasteiger partial charge on any atom is -0.484 e. The van der Waals surface area contributed by atoms with E-state index in [2.05, 4.69) is 26.3 Å². The van der Waals surface area contributed by atoms with Crippen molar-refractivity contribution in [3.05, 3.63) is 47.4 Å². The number of hydrogen-bond acceptors (Lipinski definition) is 7. The second-order valence-corrected chi connectivity index (χ2v) is 10.4. The smallest absolute Gasteiger partial charge is 0.141 e. The first-order chi connectivity index (χ1) is 16.6. The fourth-order valence-electron chi connectivity index (χ4n) is 6.46. The highest BCUT2D eigenvalue weighted by molar-refractivity contribution is 5.84. The number of morpholine rings is 1. The molecule has 1 spiro atoms. The first-order valence-electron chi connectivity index (χ1n) is 12.1. The first kappa shape index (κ1) is 20.7. The van der Waals surface area contributed by atoms with E-state index in [4.69, 9.17) is 14.2 Å². The highest BCUT2D eigenvalue weighted by Gasteiger charge is 2.68. The summed E-state index contributed by atoms with van der Waals surface area (Å²) in [6, 6.07) is 6.06. The van der Waals surface area contributed by atoms with Gasteiger partial charge in [0.25, 0.3) is 0 Å². The van der Waals surface area contributed by atoms with E-state index >= 15 is 0 Å². The Morgan fingerprint density at radius 2 is 2.21 bits per heavy atom. The van der Waals surface area contributed by atoms with Gasteiger partial charge in [-0.1, -0.05) is 5.21 Å². The SMILES string of the molecule is C[C@@H](Oc1ccc2ncc3c(c2c1)CCOC3)c1cn(C23CN4CC(CF)OCC4(C2)C3)nn1. The number of alkyl halides is 1. The lowest BCUT2D eigenvalue weighted by Crippen LogP contribution is -2.60. The van der Waals surface area contributed by atoms with Crippen molar-refractivity contribution in [2.45, 2.75) is 56.1 Å². The maximum atomic E-state index is 13.1. The largest absolute Gasteiger partial charge is 0.484 e. The number of benzene rings is 1. The van der Waals surface area contributed by atoms with Crippen molar-refractivity contribution in [2.24, 2.45) is 0 Å². The molecule has 2 atom stereocenters. The van der Waals surface area contributed by atoms with Crippen molar-refractivity contribution < 1.29 is 18.6 Å². The monoisotopic (exact) mass is 465 g/mol. The number of rotatable bonds is 5. The molecular weight excluding hydrogens is 437 g/mol. The lowest BCUT2D eigenvalue weighted by atomic mass is 9.67. The van der Waals surface area contributed by atoms with Crippen molar-refractivity contribution >= 4 is 10.9 Å². The highest BCUT2D eigenvalue weighted by Crippen LogP contribution is 2.58. The number of hydrogen-bond donors (Lipinski definition) is 0. The average Bonchev–Trinajstić information content (AvgIpc) is 3.54. The molecule has 1 unspecified atom stereocenters. The van der Waals surface area contributed by atoms with Gasteiger partial charge in [0, 0.05) is 30.2 Å². The molecule has 5 aliphatic rings. The molecule has 9 heteroatoms. The zero-order valence-corrected chi connectivity index (χ0v) is 19.2. The topological polar surface area (TPSA) is 74.5 Å². The summed E-state index contributed by atoms with van der Waals surface area (Å²) in [5, 5.41) is 10.1. The van der Waals surface area contributed by atoms with Crippen LogP contribution in [0.15, 0.2) is 30.6 Å². The van der Waals surface area contributed by atoms with E-state index in [1.54, 1.807) is 0 Å². The van der Waals surface area contributed by atoms with Crippen LogP contribution in [0.25, 0.3) is 10.9 Å². The van der Waals surface area contributed by atoms with Crippen LogP contribution in [0.5, 0.6) is 5.75 Å². The second kappa shape index (κ2) is 7.44. The van der Waals surface area contributed by atoms with E-state index in [9.17, 15) is 4.39 Å². The Morgan fingerprint density at radius 3 is 3.09 bits per heavy atom. The van der Waals surface area contributed by atoms with Crippen LogP contribution in [-0.4, -0.2) is 69.5 Å². The summed E-state index contributed by atoms with van der Waals surface area (Å²) in [6.07, 6.45) is 6.23. The Labute approximate surface area is 197 Å². The van der Waals surface area contributed by atoms with Crippen LogP contribution in [0, 0.1) is 0 Å². The zero-order valence-electron chi connectivity index (χ0n) is 19.2. The summed E-state index contributed by atoms with van der Waals surface area (Å²) in [5.41, 5.74) is 4.20. The van der Waals surface area contributed by atoms with Crippen LogP contribution in [-0.2, 0) is 28.0 Å². The molecule has 2 aromatic heterocycles. The van der Waals surface area contributed by atoms with Crippen molar-refractivity contribution in [1.29, 1.82) is 0 Å². The van der Waals surface area contributed by atoms with Gasteiger partial charge >= 0.3 is 0 Å². The molecule has 3 aromatic rings. The summed E-state index contributed by atoms with van der Waals surface area (Å²) >= 11 is 0. The van der Waals surface area contributed by atoms with Crippen LogP contribution in [0.2, 0.25) is 0 Å². The fourth-order valence-corrected chi connectivity index (χ4v) is 6.46. The fraction of sp³-hybridized carbons (Fsp3) is 0.560. The minimum atomic E-state index is -0.427. The molecule has 8 rings (SSSR count). The standard InChI is InChI=1S/C25H28FN5O3/c1-16(34-18-2-3-22-21(6-18)20-4-5-32-11-17(20)8-27-22)23-10-31(29-28-23)24-12-25(13-24)15-33-19(7-26)9-30(25)14-24/h2-3,6,8,10,16,19H,4-5,7,9,11-15H2,1H3/t16-,19?,24?,25?/m1/s1. The van der Waals surface area contributed by atoms with Gasteiger partial charge in [-0.05, 0) is 55.5 Å². The normalized spacial score (nSPS) is 31.1. The molecule has 8 nitrogen and oxygen atoms in total. The maximum absolute atomic E-state index is 13.1. The van der Waals surface area contributed by atoms with Crippen LogP contribution in [0.4, 0.5) is 4.39 Å². The van der Waals surface area contributed by atoms with Gasteiger partial charge in [0.15, 0.2) is 0 Å². The van der Waals surface area contributed by atoms with Crippen molar-refractivity contribution in [2.75, 3.05) is 33.0 Å². The summed E-state index contributed by atoms with van der Waals surface area (Å²) in [7, 11) is 0. The van der Waals surface area contributed by atoms with E-state index in [-0.39, 0.29) is 23.3 Å². The predicted molar refractivity (Wildman–Crippen MR) is 121 cm³/mol. The molecule has 0 amide bonds. The van der Waals surface area contributed by atoms with Gasteiger partial charge in [0.1, 0.15) is 24.2 Å². The summed E-state index contributed by atoms with van der Waals surface area (Å²) < 4.78 is 32.8. The number of fused-ring (bicyclic) bond motifs is 3.